The molecule has 1 aromatic carbocycles. The first-order valence-corrected chi connectivity index (χ1v) is 11.1. The number of nitrogens with one attached hydrogen (secondary N) is 2. The van der Waals surface area contributed by atoms with Crippen LogP contribution in [0.3, 0.4) is 0 Å². The highest BCUT2D eigenvalue weighted by molar-refractivity contribution is 5.92. The number of ether oxygens (including phenoxy) is 1. The lowest BCUT2D eigenvalue weighted by Gasteiger charge is -2.30. The molecule has 2 aromatic rings. The van der Waals surface area contributed by atoms with Crippen molar-refractivity contribution in [3.63, 3.8) is 0 Å². The summed E-state index contributed by atoms with van der Waals surface area (Å²) in [5.74, 6) is -0.158. The van der Waals surface area contributed by atoms with E-state index in [2.05, 4.69) is 10.3 Å². The maximum atomic E-state index is 13.1. The number of aromatic nitrogens is 1. The van der Waals surface area contributed by atoms with Gasteiger partial charge in [0.25, 0.3) is 5.84 Å². The lowest BCUT2D eigenvalue weighted by molar-refractivity contribution is -0.921. The number of esters is 1. The largest absolute Gasteiger partial charge is 0.466 e. The summed E-state index contributed by atoms with van der Waals surface area (Å²) in [6.07, 6.45) is 5.25. The summed E-state index contributed by atoms with van der Waals surface area (Å²) in [4.78, 5) is 30.7. The predicted octanol–water partition coefficient (Wildman–Crippen LogP) is -0.848. The molecule has 3 rings (SSSR count). The summed E-state index contributed by atoms with van der Waals surface area (Å²) in [5, 5.41) is 8.71. The number of piperidine rings is 1. The highest BCUT2D eigenvalue weighted by atomic mass is 16.5. The summed E-state index contributed by atoms with van der Waals surface area (Å²) < 4.78 is 5.10. The van der Waals surface area contributed by atoms with Crippen molar-refractivity contribution >= 4 is 17.7 Å². The third-order valence-electron chi connectivity index (χ3n) is 5.81. The number of nitrogens with two attached hydrogens (primary N) is 2. The number of rotatable bonds is 9. The normalized spacial score (nSPS) is 19.0. The lowest BCUT2D eigenvalue weighted by atomic mass is 9.95. The van der Waals surface area contributed by atoms with Crippen molar-refractivity contribution in [3.05, 3.63) is 65.5 Å². The van der Waals surface area contributed by atoms with Crippen LogP contribution in [0.4, 0.5) is 0 Å². The SMILES string of the molecule is CCOC(=O)CC(NC(=O)C1CCC[NH+](Cc2ccc(C(N)=[NH2+])cc2)C1)c1cccnc1. The van der Waals surface area contributed by atoms with Crippen molar-refractivity contribution in [2.45, 2.75) is 38.8 Å². The lowest BCUT2D eigenvalue weighted by Crippen LogP contribution is -3.12. The van der Waals surface area contributed by atoms with E-state index in [1.807, 2.05) is 30.3 Å². The van der Waals surface area contributed by atoms with Gasteiger partial charge < -0.3 is 15.0 Å². The quantitative estimate of drug-likeness (QED) is 0.230. The first-order chi connectivity index (χ1) is 15.5. The van der Waals surface area contributed by atoms with Crippen molar-refractivity contribution in [3.8, 4) is 0 Å². The Hall–Kier alpha value is -3.26. The van der Waals surface area contributed by atoms with E-state index in [0.29, 0.717) is 12.4 Å². The van der Waals surface area contributed by atoms with Gasteiger partial charge in [-0.25, -0.2) is 0 Å². The van der Waals surface area contributed by atoms with Crippen molar-refractivity contribution in [1.82, 2.24) is 10.3 Å². The van der Waals surface area contributed by atoms with Crippen LogP contribution in [0.1, 0.15) is 48.9 Å². The molecule has 0 saturated carbocycles. The molecule has 170 valence electrons. The van der Waals surface area contributed by atoms with Gasteiger partial charge in [-0.1, -0.05) is 18.2 Å². The van der Waals surface area contributed by atoms with E-state index in [4.69, 9.17) is 15.9 Å². The number of carbonyl (C=O) groups is 2. The molecule has 1 amide bonds. The van der Waals surface area contributed by atoms with Crippen LogP contribution in [-0.4, -0.2) is 42.4 Å². The second kappa shape index (κ2) is 11.4. The Morgan fingerprint density at radius 2 is 2.09 bits per heavy atom. The molecule has 0 bridgehead atoms. The monoisotopic (exact) mass is 439 g/mol. The van der Waals surface area contributed by atoms with E-state index >= 15 is 0 Å². The van der Waals surface area contributed by atoms with E-state index in [-0.39, 0.29) is 24.2 Å². The second-order valence-electron chi connectivity index (χ2n) is 8.23. The number of hydrogen-bond acceptors (Lipinski definition) is 4. The molecule has 1 saturated heterocycles. The van der Waals surface area contributed by atoms with Gasteiger partial charge in [0, 0.05) is 18.0 Å². The number of amides is 1. The minimum absolute atomic E-state index is 0.0267. The molecule has 6 N–H and O–H groups in total. The van der Waals surface area contributed by atoms with Gasteiger partial charge in [-0.2, -0.15) is 0 Å². The minimum Gasteiger partial charge on any atom is -0.466 e. The standard InChI is InChI=1S/C24H31N5O3/c1-2-32-22(30)13-21(19-5-3-11-27-14-19)28-24(31)20-6-4-12-29(16-20)15-17-7-9-18(10-8-17)23(25)26/h3,5,7-11,14,20-21H,2,4,6,12-13,15-16H2,1H3,(H3,25,26)(H,28,31)/p+2. The zero-order valence-corrected chi connectivity index (χ0v) is 18.5. The molecule has 1 aromatic heterocycles. The topological polar surface area (TPSA) is 124 Å². The average Bonchev–Trinajstić information content (AvgIpc) is 2.80. The van der Waals surface area contributed by atoms with E-state index in [9.17, 15) is 9.59 Å². The van der Waals surface area contributed by atoms with Gasteiger partial charge in [-0.05, 0) is 43.5 Å². The maximum Gasteiger partial charge on any atom is 0.308 e. The Morgan fingerprint density at radius 3 is 2.75 bits per heavy atom. The van der Waals surface area contributed by atoms with Crippen molar-refractivity contribution < 1.29 is 24.6 Å². The van der Waals surface area contributed by atoms with Crippen molar-refractivity contribution in [1.29, 1.82) is 0 Å². The number of likely N-dealkylation sites (tertiary alicyclic amines) is 1. The molecular weight excluding hydrogens is 406 g/mol. The number of quaternary nitrogens is 1. The van der Waals surface area contributed by atoms with Gasteiger partial charge in [0.1, 0.15) is 6.54 Å². The highest BCUT2D eigenvalue weighted by Crippen LogP contribution is 2.19. The summed E-state index contributed by atoms with van der Waals surface area (Å²) in [6.45, 7) is 4.68. The molecule has 3 unspecified atom stereocenters. The minimum atomic E-state index is -0.453. The molecule has 0 radical (unpaired) electrons. The van der Waals surface area contributed by atoms with Crippen LogP contribution >= 0.6 is 0 Å². The highest BCUT2D eigenvalue weighted by Gasteiger charge is 2.31. The van der Waals surface area contributed by atoms with Gasteiger partial charge in [-0.3, -0.25) is 25.7 Å². The fraction of sp³-hybridized carbons (Fsp3) is 0.417. The van der Waals surface area contributed by atoms with Crippen molar-refractivity contribution in [2.24, 2.45) is 11.7 Å². The van der Waals surface area contributed by atoms with Crippen LogP contribution in [0.2, 0.25) is 0 Å². The molecule has 1 fully saturated rings. The van der Waals surface area contributed by atoms with Gasteiger partial charge in [0.15, 0.2) is 0 Å². The number of amidine groups is 1. The van der Waals surface area contributed by atoms with Crippen LogP contribution in [0.25, 0.3) is 0 Å². The fourth-order valence-electron chi connectivity index (χ4n) is 4.15. The first kappa shape index (κ1) is 23.4. The van der Waals surface area contributed by atoms with Crippen LogP contribution in [0.5, 0.6) is 0 Å². The number of nitrogens with zero attached hydrogens (tertiary/aromatic N) is 1. The van der Waals surface area contributed by atoms with Crippen LogP contribution in [0, 0.1) is 5.92 Å². The zero-order valence-electron chi connectivity index (χ0n) is 18.5. The molecule has 3 atom stereocenters. The first-order valence-electron chi connectivity index (χ1n) is 11.1. The summed E-state index contributed by atoms with van der Waals surface area (Å²) >= 11 is 0. The van der Waals surface area contributed by atoms with Crippen LogP contribution < -0.4 is 21.4 Å². The Morgan fingerprint density at radius 1 is 1.31 bits per heavy atom. The molecule has 32 heavy (non-hydrogen) atoms. The van der Waals surface area contributed by atoms with Crippen LogP contribution in [0.15, 0.2) is 48.8 Å². The van der Waals surface area contributed by atoms with E-state index in [1.165, 1.54) is 10.5 Å². The number of carbonyl (C=O) groups excluding carboxylic acids is 2. The average molecular weight is 440 g/mol. The number of pyridine rings is 1. The maximum absolute atomic E-state index is 13.1. The molecule has 0 aliphatic carbocycles. The van der Waals surface area contributed by atoms with Crippen molar-refractivity contribution in [2.75, 3.05) is 19.7 Å². The number of hydrogen-bond donors (Lipinski definition) is 4. The van der Waals surface area contributed by atoms with Gasteiger partial charge in [0.05, 0.1) is 43.6 Å². The fourth-order valence-corrected chi connectivity index (χ4v) is 4.15. The molecule has 0 spiro atoms. The Labute approximate surface area is 188 Å². The van der Waals surface area contributed by atoms with Gasteiger partial charge in [0.2, 0.25) is 5.91 Å². The summed E-state index contributed by atoms with van der Waals surface area (Å²) in [7, 11) is 0. The molecule has 8 heteroatoms. The molecule has 1 aliphatic heterocycles. The second-order valence-corrected chi connectivity index (χ2v) is 8.23. The van der Waals surface area contributed by atoms with E-state index in [1.54, 1.807) is 25.4 Å². The third-order valence-corrected chi connectivity index (χ3v) is 5.81. The number of benzene rings is 1. The van der Waals surface area contributed by atoms with Crippen LogP contribution in [-0.2, 0) is 20.9 Å². The van der Waals surface area contributed by atoms with E-state index < -0.39 is 6.04 Å². The molecule has 2 heterocycles. The molecule has 8 nitrogen and oxygen atoms in total. The van der Waals surface area contributed by atoms with Gasteiger partial charge in [-0.15, -0.1) is 0 Å². The Bertz CT molecular complexity index is 917. The predicted molar refractivity (Wildman–Crippen MR) is 120 cm³/mol. The smallest absolute Gasteiger partial charge is 0.308 e. The summed E-state index contributed by atoms with van der Waals surface area (Å²) in [5.41, 5.74) is 8.44. The van der Waals surface area contributed by atoms with Gasteiger partial charge >= 0.3 is 5.97 Å². The molecular formula is C24H33N5O3+2. The summed E-state index contributed by atoms with van der Waals surface area (Å²) in [6, 6.07) is 11.1. The third kappa shape index (κ3) is 6.62. The Kier molecular flexibility index (Phi) is 8.33. The van der Waals surface area contributed by atoms with E-state index in [0.717, 1.165) is 43.6 Å². The zero-order chi connectivity index (χ0) is 22.9. The molecule has 1 aliphatic rings. The Balaban J connectivity index is 1.62.